The zero-order valence-corrected chi connectivity index (χ0v) is 17.5. The highest BCUT2D eigenvalue weighted by molar-refractivity contribution is 7.88. The highest BCUT2D eigenvalue weighted by Crippen LogP contribution is 2.32. The predicted molar refractivity (Wildman–Crippen MR) is 98.3 cm³/mol. The van der Waals surface area contributed by atoms with Gasteiger partial charge in [-0.1, -0.05) is 17.7 Å². The van der Waals surface area contributed by atoms with Gasteiger partial charge < -0.3 is 18.6 Å². The van der Waals surface area contributed by atoms with Gasteiger partial charge in [0.05, 0.1) is 24.3 Å². The van der Waals surface area contributed by atoms with Crippen molar-refractivity contribution in [1.82, 2.24) is 4.90 Å². The van der Waals surface area contributed by atoms with E-state index >= 15 is 0 Å². The van der Waals surface area contributed by atoms with E-state index in [1.807, 2.05) is 0 Å². The number of nitrogens with zero attached hydrogens (tertiary/aromatic N) is 1. The van der Waals surface area contributed by atoms with Gasteiger partial charge in [-0.2, -0.15) is 21.6 Å². The summed E-state index contributed by atoms with van der Waals surface area (Å²) in [6, 6.07) is 3.71. The second-order valence-electron chi connectivity index (χ2n) is 7.37. The molecule has 7 nitrogen and oxygen atoms in total. The van der Waals surface area contributed by atoms with Crippen molar-refractivity contribution in [2.75, 3.05) is 19.7 Å². The molecule has 0 radical (unpaired) electrons. The van der Waals surface area contributed by atoms with Gasteiger partial charge in [0.25, 0.3) is 0 Å². The quantitative estimate of drug-likeness (QED) is 0.504. The summed E-state index contributed by atoms with van der Waals surface area (Å²) in [5.41, 5.74) is -5.62. The topological polar surface area (TPSA) is 82.1 Å². The first-order valence-electron chi connectivity index (χ1n) is 8.57. The Hall–Kier alpha value is -1.72. The van der Waals surface area contributed by atoms with Crippen molar-refractivity contribution in [2.45, 2.75) is 44.4 Å². The first-order chi connectivity index (χ1) is 13.2. The molecule has 0 aliphatic carbocycles. The normalized spacial score (nSPS) is 18.4. The van der Waals surface area contributed by atoms with E-state index < -0.39 is 39.2 Å². The number of carbonyl (C=O) groups is 1. The number of morpholine rings is 1. The molecule has 1 atom stereocenters. The Bertz CT molecular complexity index is 854. The molecule has 12 heteroatoms. The minimum Gasteiger partial charge on any atom is -0.444 e. The lowest BCUT2D eigenvalue weighted by molar-refractivity contribution is -0.0500. The average Bonchev–Trinajstić information content (AvgIpc) is 2.55. The fraction of sp³-hybridized carbons (Fsp3) is 0.588. The Labute approximate surface area is 171 Å². The van der Waals surface area contributed by atoms with E-state index in [-0.39, 0.29) is 11.6 Å². The van der Waals surface area contributed by atoms with Gasteiger partial charge in [-0.3, -0.25) is 0 Å². The predicted octanol–water partition coefficient (Wildman–Crippen LogP) is 3.75. The number of ether oxygens (including phenoxy) is 2. The van der Waals surface area contributed by atoms with E-state index in [0.29, 0.717) is 25.1 Å². The molecule has 1 aromatic rings. The molecule has 29 heavy (non-hydrogen) atoms. The van der Waals surface area contributed by atoms with Gasteiger partial charge in [-0.25, -0.2) is 4.79 Å². The monoisotopic (exact) mass is 459 g/mol. The van der Waals surface area contributed by atoms with E-state index in [0.717, 1.165) is 6.07 Å². The summed E-state index contributed by atoms with van der Waals surface area (Å²) >= 11 is 5.87. The van der Waals surface area contributed by atoms with Gasteiger partial charge in [0.1, 0.15) is 5.60 Å². The van der Waals surface area contributed by atoms with Crippen LogP contribution in [0.1, 0.15) is 26.3 Å². The van der Waals surface area contributed by atoms with Crippen LogP contribution in [0.3, 0.4) is 0 Å². The van der Waals surface area contributed by atoms with Gasteiger partial charge in [0, 0.05) is 13.0 Å². The van der Waals surface area contributed by atoms with Crippen LogP contribution in [-0.4, -0.2) is 56.3 Å². The molecule has 1 amide bonds. The molecule has 0 N–H and O–H groups in total. The van der Waals surface area contributed by atoms with Gasteiger partial charge >= 0.3 is 21.7 Å². The molecule has 0 aromatic heterocycles. The number of amides is 1. The molecular formula is C17H21ClF3NO6S. The second kappa shape index (κ2) is 8.57. The summed E-state index contributed by atoms with van der Waals surface area (Å²) in [6.45, 7) is 6.19. The number of benzene rings is 1. The molecule has 1 saturated heterocycles. The SMILES string of the molecule is CC(C)(C)OC(=O)N1CCOC(Cc2ccc(OS(=O)(=O)C(F)(F)F)c(Cl)c2)C1. The second-order valence-corrected chi connectivity index (χ2v) is 9.32. The Morgan fingerprint density at radius 2 is 1.97 bits per heavy atom. The number of halogens is 4. The third-order valence-electron chi connectivity index (χ3n) is 3.73. The maximum atomic E-state index is 12.4. The van der Waals surface area contributed by atoms with Crippen LogP contribution in [0.15, 0.2) is 18.2 Å². The highest BCUT2D eigenvalue weighted by atomic mass is 35.5. The molecule has 0 bridgehead atoms. The molecule has 1 unspecified atom stereocenters. The molecule has 2 rings (SSSR count). The molecule has 164 valence electrons. The summed E-state index contributed by atoms with van der Waals surface area (Å²) in [5, 5.41) is -0.296. The molecule has 0 spiro atoms. The zero-order valence-electron chi connectivity index (χ0n) is 16.0. The number of carbonyl (C=O) groups excluding carboxylic acids is 1. The Kier molecular flexibility index (Phi) is 6.96. The van der Waals surface area contributed by atoms with Crippen LogP contribution in [0.25, 0.3) is 0 Å². The number of hydrogen-bond acceptors (Lipinski definition) is 6. The fourth-order valence-corrected chi connectivity index (χ4v) is 3.27. The zero-order chi connectivity index (χ0) is 22.0. The number of alkyl halides is 3. The van der Waals surface area contributed by atoms with Crippen LogP contribution in [0, 0.1) is 0 Å². The third kappa shape index (κ3) is 6.65. The maximum Gasteiger partial charge on any atom is 0.534 e. The van der Waals surface area contributed by atoms with Crippen molar-refractivity contribution in [2.24, 2.45) is 0 Å². The summed E-state index contributed by atoms with van der Waals surface area (Å²) < 4.78 is 74.5. The van der Waals surface area contributed by atoms with Crippen LogP contribution >= 0.6 is 11.6 Å². The van der Waals surface area contributed by atoms with Crippen LogP contribution in [0.4, 0.5) is 18.0 Å². The molecule has 1 aliphatic heterocycles. The summed E-state index contributed by atoms with van der Waals surface area (Å²) in [5.74, 6) is -0.632. The highest BCUT2D eigenvalue weighted by Gasteiger charge is 2.48. The number of rotatable bonds is 4. The van der Waals surface area contributed by atoms with Crippen LogP contribution in [0.5, 0.6) is 5.75 Å². The largest absolute Gasteiger partial charge is 0.534 e. The minimum absolute atomic E-state index is 0.257. The molecule has 1 fully saturated rings. The molecule has 1 heterocycles. The van der Waals surface area contributed by atoms with E-state index in [1.165, 1.54) is 17.0 Å². The Morgan fingerprint density at radius 1 is 1.31 bits per heavy atom. The lowest BCUT2D eigenvalue weighted by Gasteiger charge is -2.34. The van der Waals surface area contributed by atoms with Crippen LogP contribution in [0.2, 0.25) is 5.02 Å². The minimum atomic E-state index is -5.81. The molecular weight excluding hydrogens is 439 g/mol. The summed E-state index contributed by atoms with van der Waals surface area (Å²) in [6.07, 6.45) is -0.561. The van der Waals surface area contributed by atoms with Gasteiger partial charge in [-0.05, 0) is 38.5 Å². The molecule has 0 saturated carbocycles. The molecule has 1 aromatic carbocycles. The standard InChI is InChI=1S/C17H21ClF3NO6S/c1-16(2,3)27-15(23)22-6-7-26-12(10-22)8-11-4-5-14(13(18)9-11)28-29(24,25)17(19,20)21/h4-5,9,12H,6-8,10H2,1-3H3. The van der Waals surface area contributed by atoms with Crippen LogP contribution in [-0.2, 0) is 26.0 Å². The van der Waals surface area contributed by atoms with Crippen LogP contribution < -0.4 is 4.18 Å². The van der Waals surface area contributed by atoms with Crippen molar-refractivity contribution in [1.29, 1.82) is 0 Å². The van der Waals surface area contributed by atoms with Crippen molar-refractivity contribution < 1.29 is 40.0 Å². The lowest BCUT2D eigenvalue weighted by atomic mass is 10.1. The lowest BCUT2D eigenvalue weighted by Crippen LogP contribution is -2.48. The van der Waals surface area contributed by atoms with Crippen molar-refractivity contribution >= 4 is 27.8 Å². The smallest absolute Gasteiger partial charge is 0.444 e. The fourth-order valence-electron chi connectivity index (χ4n) is 2.50. The number of hydrogen-bond donors (Lipinski definition) is 0. The third-order valence-corrected chi connectivity index (χ3v) is 4.99. The van der Waals surface area contributed by atoms with E-state index in [1.54, 1.807) is 20.8 Å². The van der Waals surface area contributed by atoms with Gasteiger partial charge in [0.2, 0.25) is 0 Å². The van der Waals surface area contributed by atoms with Gasteiger partial charge in [0.15, 0.2) is 5.75 Å². The summed E-state index contributed by atoms with van der Waals surface area (Å²) in [4.78, 5) is 13.7. The van der Waals surface area contributed by atoms with E-state index in [4.69, 9.17) is 21.1 Å². The van der Waals surface area contributed by atoms with E-state index in [9.17, 15) is 26.4 Å². The first-order valence-corrected chi connectivity index (χ1v) is 10.4. The van der Waals surface area contributed by atoms with Crippen molar-refractivity contribution in [3.8, 4) is 5.75 Å². The first kappa shape index (κ1) is 23.6. The summed E-state index contributed by atoms with van der Waals surface area (Å²) in [7, 11) is -5.81. The molecule has 1 aliphatic rings. The van der Waals surface area contributed by atoms with E-state index in [2.05, 4.69) is 4.18 Å². The van der Waals surface area contributed by atoms with Crippen molar-refractivity contribution in [3.63, 3.8) is 0 Å². The van der Waals surface area contributed by atoms with Crippen molar-refractivity contribution in [3.05, 3.63) is 28.8 Å². The Morgan fingerprint density at radius 3 is 2.52 bits per heavy atom. The van der Waals surface area contributed by atoms with Gasteiger partial charge in [-0.15, -0.1) is 0 Å². The maximum absolute atomic E-state index is 12.4. The Balaban J connectivity index is 2.03. The average molecular weight is 460 g/mol.